The molecule has 4 heteroatoms. The molecule has 0 spiro atoms. The van der Waals surface area contributed by atoms with E-state index in [9.17, 15) is 4.39 Å². The largest absolute Gasteiger partial charge is 0.237 e. The highest BCUT2D eigenvalue weighted by atomic mass is 79.9. The second kappa shape index (κ2) is 6.33. The van der Waals surface area contributed by atoms with E-state index in [1.807, 2.05) is 41.8 Å². The second-order valence-electron chi connectivity index (χ2n) is 4.47. The Morgan fingerprint density at radius 1 is 1.05 bits per heavy atom. The van der Waals surface area contributed by atoms with Gasteiger partial charge in [-0.15, -0.1) is 11.3 Å². The predicted molar refractivity (Wildman–Crippen MR) is 90.6 cm³/mol. The Morgan fingerprint density at radius 2 is 1.86 bits per heavy atom. The van der Waals surface area contributed by atoms with Crippen LogP contribution in [0.2, 0.25) is 0 Å². The number of aromatic nitrogens is 1. The SMILES string of the molecule is Fc1ccc(-c2csc(/C=C/c3cccc(Br)c3)n2)cc1. The fourth-order valence-corrected chi connectivity index (χ4v) is 3.03. The number of thiazole rings is 1. The molecular formula is C17H11BrFNS. The maximum absolute atomic E-state index is 12.9. The van der Waals surface area contributed by atoms with E-state index in [1.165, 1.54) is 12.1 Å². The van der Waals surface area contributed by atoms with Crippen molar-refractivity contribution in [1.82, 2.24) is 4.98 Å². The van der Waals surface area contributed by atoms with E-state index >= 15 is 0 Å². The number of hydrogen-bond donors (Lipinski definition) is 0. The lowest BCUT2D eigenvalue weighted by atomic mass is 10.2. The van der Waals surface area contributed by atoms with E-state index < -0.39 is 0 Å². The van der Waals surface area contributed by atoms with Crippen LogP contribution in [0.3, 0.4) is 0 Å². The van der Waals surface area contributed by atoms with E-state index in [2.05, 4.69) is 20.9 Å². The fourth-order valence-electron chi connectivity index (χ4n) is 1.90. The van der Waals surface area contributed by atoms with Crippen LogP contribution in [-0.4, -0.2) is 4.98 Å². The molecule has 1 heterocycles. The van der Waals surface area contributed by atoms with Crippen LogP contribution in [0.25, 0.3) is 23.4 Å². The molecule has 0 bridgehead atoms. The molecule has 1 nitrogen and oxygen atoms in total. The summed E-state index contributed by atoms with van der Waals surface area (Å²) in [5.41, 5.74) is 2.91. The van der Waals surface area contributed by atoms with Crippen LogP contribution in [0.1, 0.15) is 10.6 Å². The molecule has 0 aliphatic carbocycles. The molecule has 3 rings (SSSR count). The summed E-state index contributed by atoms with van der Waals surface area (Å²) in [6.45, 7) is 0. The van der Waals surface area contributed by atoms with Crippen molar-refractivity contribution < 1.29 is 4.39 Å². The Bertz CT molecular complexity index is 777. The summed E-state index contributed by atoms with van der Waals surface area (Å²) in [5, 5.41) is 2.91. The topological polar surface area (TPSA) is 12.9 Å². The van der Waals surface area contributed by atoms with Crippen LogP contribution in [-0.2, 0) is 0 Å². The third kappa shape index (κ3) is 3.65. The molecular weight excluding hydrogens is 349 g/mol. The third-order valence-corrected chi connectivity index (χ3v) is 4.23. The standard InChI is InChI=1S/C17H11BrFNS/c18-14-3-1-2-12(10-14)4-9-17-20-16(11-21-17)13-5-7-15(19)8-6-13/h1-11H/b9-4+. The van der Waals surface area contributed by atoms with Gasteiger partial charge in [0.1, 0.15) is 10.8 Å². The van der Waals surface area contributed by atoms with Gasteiger partial charge >= 0.3 is 0 Å². The predicted octanol–water partition coefficient (Wildman–Crippen LogP) is 5.88. The molecule has 21 heavy (non-hydrogen) atoms. The number of halogens is 2. The van der Waals surface area contributed by atoms with Crippen LogP contribution in [0.4, 0.5) is 4.39 Å². The van der Waals surface area contributed by atoms with E-state index in [0.717, 1.165) is 26.3 Å². The fraction of sp³-hybridized carbons (Fsp3) is 0. The summed E-state index contributed by atoms with van der Waals surface area (Å²) in [5.74, 6) is -0.233. The van der Waals surface area contributed by atoms with Crippen LogP contribution < -0.4 is 0 Å². The lowest BCUT2D eigenvalue weighted by Gasteiger charge is -1.95. The maximum atomic E-state index is 12.9. The molecule has 0 aliphatic rings. The Morgan fingerprint density at radius 3 is 2.62 bits per heavy atom. The van der Waals surface area contributed by atoms with Gasteiger partial charge in [-0.1, -0.05) is 34.1 Å². The first-order chi connectivity index (χ1) is 10.2. The smallest absolute Gasteiger partial charge is 0.123 e. The van der Waals surface area contributed by atoms with Gasteiger partial charge in [0.05, 0.1) is 5.69 Å². The molecule has 3 aromatic rings. The van der Waals surface area contributed by atoms with Crippen LogP contribution in [0, 0.1) is 5.82 Å². The van der Waals surface area contributed by atoms with Crippen LogP contribution in [0.5, 0.6) is 0 Å². The quantitative estimate of drug-likeness (QED) is 0.568. The van der Waals surface area contributed by atoms with Crippen molar-refractivity contribution in [1.29, 1.82) is 0 Å². The van der Waals surface area contributed by atoms with Crippen molar-refractivity contribution in [3.05, 3.63) is 74.8 Å². The zero-order valence-corrected chi connectivity index (χ0v) is 13.4. The molecule has 0 unspecified atom stereocenters. The Labute approximate surface area is 134 Å². The highest BCUT2D eigenvalue weighted by Gasteiger charge is 2.02. The first-order valence-electron chi connectivity index (χ1n) is 6.36. The summed E-state index contributed by atoms with van der Waals surface area (Å²) in [6.07, 6.45) is 4.01. The minimum absolute atomic E-state index is 0.233. The minimum atomic E-state index is -0.233. The Hall–Kier alpha value is -1.78. The summed E-state index contributed by atoms with van der Waals surface area (Å²) in [6, 6.07) is 14.5. The average molecular weight is 360 g/mol. The zero-order valence-electron chi connectivity index (χ0n) is 11.0. The van der Waals surface area contributed by atoms with E-state index in [1.54, 1.807) is 23.5 Å². The lowest BCUT2D eigenvalue weighted by molar-refractivity contribution is 0.628. The van der Waals surface area contributed by atoms with Crippen LogP contribution in [0.15, 0.2) is 58.4 Å². The van der Waals surface area contributed by atoms with Crippen molar-refractivity contribution >= 4 is 39.4 Å². The van der Waals surface area contributed by atoms with Crippen molar-refractivity contribution in [2.45, 2.75) is 0 Å². The molecule has 0 radical (unpaired) electrons. The summed E-state index contributed by atoms with van der Waals surface area (Å²) in [4.78, 5) is 4.55. The summed E-state index contributed by atoms with van der Waals surface area (Å²) in [7, 11) is 0. The number of rotatable bonds is 3. The van der Waals surface area contributed by atoms with Gasteiger partial charge in [-0.3, -0.25) is 0 Å². The minimum Gasteiger partial charge on any atom is -0.237 e. The summed E-state index contributed by atoms with van der Waals surface area (Å²) < 4.78 is 14.0. The van der Waals surface area contributed by atoms with Crippen molar-refractivity contribution in [2.75, 3.05) is 0 Å². The van der Waals surface area contributed by atoms with Gasteiger partial charge in [0.2, 0.25) is 0 Å². The highest BCUT2D eigenvalue weighted by molar-refractivity contribution is 9.10. The Kier molecular flexibility index (Phi) is 4.27. The molecule has 0 saturated carbocycles. The zero-order chi connectivity index (χ0) is 14.7. The number of benzene rings is 2. The van der Waals surface area contributed by atoms with E-state index in [-0.39, 0.29) is 5.82 Å². The highest BCUT2D eigenvalue weighted by Crippen LogP contribution is 2.23. The van der Waals surface area contributed by atoms with Gasteiger partial charge in [0, 0.05) is 15.4 Å². The van der Waals surface area contributed by atoms with Crippen LogP contribution >= 0.6 is 27.3 Å². The van der Waals surface area contributed by atoms with Gasteiger partial charge in [-0.2, -0.15) is 0 Å². The molecule has 0 N–H and O–H groups in total. The Balaban J connectivity index is 1.80. The molecule has 104 valence electrons. The first-order valence-corrected chi connectivity index (χ1v) is 8.03. The molecule has 1 aromatic heterocycles. The van der Waals surface area contributed by atoms with Gasteiger partial charge in [-0.25, -0.2) is 9.37 Å². The maximum Gasteiger partial charge on any atom is 0.123 e. The van der Waals surface area contributed by atoms with Crippen molar-refractivity contribution in [3.63, 3.8) is 0 Å². The molecule has 0 saturated heterocycles. The molecule has 2 aromatic carbocycles. The molecule has 0 amide bonds. The molecule has 0 aliphatic heterocycles. The monoisotopic (exact) mass is 359 g/mol. The van der Waals surface area contributed by atoms with Crippen molar-refractivity contribution in [3.8, 4) is 11.3 Å². The normalized spacial score (nSPS) is 11.1. The number of hydrogen-bond acceptors (Lipinski definition) is 2. The number of nitrogens with zero attached hydrogens (tertiary/aromatic N) is 1. The average Bonchev–Trinajstić information content (AvgIpc) is 2.95. The van der Waals surface area contributed by atoms with Gasteiger partial charge < -0.3 is 0 Å². The van der Waals surface area contributed by atoms with Gasteiger partial charge in [-0.05, 0) is 48.0 Å². The van der Waals surface area contributed by atoms with Gasteiger partial charge in [0.15, 0.2) is 0 Å². The van der Waals surface area contributed by atoms with E-state index in [0.29, 0.717) is 0 Å². The lowest BCUT2D eigenvalue weighted by Crippen LogP contribution is -1.79. The molecule has 0 fully saturated rings. The van der Waals surface area contributed by atoms with Crippen molar-refractivity contribution in [2.24, 2.45) is 0 Å². The molecule has 0 atom stereocenters. The van der Waals surface area contributed by atoms with Gasteiger partial charge in [0.25, 0.3) is 0 Å². The van der Waals surface area contributed by atoms with E-state index in [4.69, 9.17) is 0 Å². The second-order valence-corrected chi connectivity index (χ2v) is 6.27. The third-order valence-electron chi connectivity index (χ3n) is 2.93. The summed E-state index contributed by atoms with van der Waals surface area (Å²) >= 11 is 5.02. The first kappa shape index (κ1) is 14.2.